The average Bonchev–Trinajstić information content (AvgIpc) is 3.45. The molecular formula is C26H22N2O2S. The Kier molecular flexibility index (Phi) is 5.12. The molecule has 0 fully saturated rings. The molecule has 3 heterocycles. The first-order valence-corrected chi connectivity index (χ1v) is 11.2. The van der Waals surface area contributed by atoms with Gasteiger partial charge in [0.15, 0.2) is 11.6 Å². The third-order valence-corrected chi connectivity index (χ3v) is 6.90. The van der Waals surface area contributed by atoms with Gasteiger partial charge >= 0.3 is 0 Å². The molecule has 0 saturated carbocycles. The van der Waals surface area contributed by atoms with Crippen molar-refractivity contribution in [3.8, 4) is 21.6 Å². The standard InChI is InChI=1S/C26H22N2O2S/c1-17-4-6-18(7-5-17)19-8-10-20(11-9-19)25-16-27-26(31-25)15-24(30)22-12-13-23(29)21-3-2-14-28(21)22/h2-11,14,16,22H,12-13,15H2,1H3. The Labute approximate surface area is 185 Å². The molecule has 2 aromatic heterocycles. The molecule has 154 valence electrons. The normalized spacial score (nSPS) is 15.6. The van der Waals surface area contributed by atoms with Gasteiger partial charge in [0.05, 0.1) is 23.0 Å². The summed E-state index contributed by atoms with van der Waals surface area (Å²) in [6, 6.07) is 20.3. The Morgan fingerprint density at radius 3 is 2.45 bits per heavy atom. The monoisotopic (exact) mass is 426 g/mol. The summed E-state index contributed by atoms with van der Waals surface area (Å²) >= 11 is 1.56. The van der Waals surface area contributed by atoms with Crippen molar-refractivity contribution in [2.24, 2.45) is 0 Å². The molecule has 1 aliphatic heterocycles. The van der Waals surface area contributed by atoms with E-state index < -0.39 is 0 Å². The lowest BCUT2D eigenvalue weighted by atomic mass is 9.97. The molecule has 4 nitrogen and oxygen atoms in total. The molecule has 0 aliphatic carbocycles. The quantitative estimate of drug-likeness (QED) is 0.398. The van der Waals surface area contributed by atoms with E-state index in [-0.39, 0.29) is 17.6 Å². The van der Waals surface area contributed by atoms with Crippen molar-refractivity contribution in [1.29, 1.82) is 0 Å². The molecule has 0 bridgehead atoms. The Morgan fingerprint density at radius 2 is 1.71 bits per heavy atom. The highest BCUT2D eigenvalue weighted by Gasteiger charge is 2.29. The molecule has 0 N–H and O–H groups in total. The molecule has 5 rings (SSSR count). The minimum Gasteiger partial charge on any atom is -0.335 e. The van der Waals surface area contributed by atoms with E-state index >= 15 is 0 Å². The van der Waals surface area contributed by atoms with Gasteiger partial charge in [-0.1, -0.05) is 54.1 Å². The Morgan fingerprint density at radius 1 is 1.03 bits per heavy atom. The highest BCUT2D eigenvalue weighted by Crippen LogP contribution is 2.31. The molecule has 1 aliphatic rings. The van der Waals surface area contributed by atoms with Crippen LogP contribution in [0.5, 0.6) is 0 Å². The predicted octanol–water partition coefficient (Wildman–Crippen LogP) is 5.92. The van der Waals surface area contributed by atoms with Gasteiger partial charge in [0.2, 0.25) is 0 Å². The zero-order valence-corrected chi connectivity index (χ0v) is 18.1. The number of ketones is 2. The van der Waals surface area contributed by atoms with Crippen LogP contribution in [0.25, 0.3) is 21.6 Å². The van der Waals surface area contributed by atoms with E-state index in [1.165, 1.54) is 16.7 Å². The molecular weight excluding hydrogens is 404 g/mol. The largest absolute Gasteiger partial charge is 0.335 e. The highest BCUT2D eigenvalue weighted by molar-refractivity contribution is 7.15. The van der Waals surface area contributed by atoms with Crippen LogP contribution in [-0.4, -0.2) is 21.1 Å². The van der Waals surface area contributed by atoms with Gasteiger partial charge in [-0.15, -0.1) is 11.3 Å². The number of aromatic nitrogens is 2. The number of aryl methyl sites for hydroxylation is 1. The molecule has 2 aromatic carbocycles. The number of benzene rings is 2. The average molecular weight is 427 g/mol. The molecule has 5 heteroatoms. The van der Waals surface area contributed by atoms with Crippen molar-refractivity contribution in [3.63, 3.8) is 0 Å². The second kappa shape index (κ2) is 8.08. The van der Waals surface area contributed by atoms with Gasteiger partial charge in [-0.2, -0.15) is 0 Å². The van der Waals surface area contributed by atoms with Gasteiger partial charge in [-0.3, -0.25) is 9.59 Å². The molecule has 1 unspecified atom stereocenters. The van der Waals surface area contributed by atoms with Crippen LogP contribution >= 0.6 is 11.3 Å². The zero-order valence-electron chi connectivity index (χ0n) is 17.2. The summed E-state index contributed by atoms with van der Waals surface area (Å²) in [5.74, 6) is 0.222. The van der Waals surface area contributed by atoms with Gasteiger partial charge in [-0.05, 0) is 42.2 Å². The summed E-state index contributed by atoms with van der Waals surface area (Å²) in [5.41, 5.74) is 5.36. The Balaban J connectivity index is 1.30. The fourth-order valence-electron chi connectivity index (χ4n) is 4.12. The molecule has 0 amide bonds. The first kappa shape index (κ1) is 19.6. The molecule has 0 radical (unpaired) electrons. The summed E-state index contributed by atoms with van der Waals surface area (Å²) in [5, 5.41) is 0.813. The lowest BCUT2D eigenvalue weighted by molar-refractivity contribution is -0.121. The van der Waals surface area contributed by atoms with Crippen LogP contribution in [-0.2, 0) is 11.2 Å². The van der Waals surface area contributed by atoms with Gasteiger partial charge in [0.1, 0.15) is 5.01 Å². The van der Waals surface area contributed by atoms with E-state index in [9.17, 15) is 9.59 Å². The van der Waals surface area contributed by atoms with Gasteiger partial charge in [0.25, 0.3) is 0 Å². The summed E-state index contributed by atoms with van der Waals surface area (Å²) in [7, 11) is 0. The molecule has 1 atom stereocenters. The minimum absolute atomic E-state index is 0.111. The van der Waals surface area contributed by atoms with E-state index in [4.69, 9.17) is 0 Å². The Bertz CT molecular complexity index is 1250. The fraction of sp³-hybridized carbons (Fsp3) is 0.192. The molecule has 4 aromatic rings. The number of thiazole rings is 1. The molecule has 0 saturated heterocycles. The van der Waals surface area contributed by atoms with Crippen molar-refractivity contribution in [1.82, 2.24) is 9.55 Å². The second-order valence-corrected chi connectivity index (χ2v) is 9.10. The van der Waals surface area contributed by atoms with Crippen LogP contribution in [0.2, 0.25) is 0 Å². The van der Waals surface area contributed by atoms with Crippen LogP contribution in [0.1, 0.15) is 39.9 Å². The zero-order chi connectivity index (χ0) is 21.4. The van der Waals surface area contributed by atoms with Crippen molar-refractivity contribution < 1.29 is 9.59 Å². The van der Waals surface area contributed by atoms with E-state index in [2.05, 4.69) is 60.4 Å². The smallest absolute Gasteiger partial charge is 0.179 e. The van der Waals surface area contributed by atoms with Crippen molar-refractivity contribution in [3.05, 3.63) is 89.3 Å². The SMILES string of the molecule is Cc1ccc(-c2ccc(-c3cnc(CC(=O)C4CCC(=O)c5cccn54)s3)cc2)cc1. The first-order valence-electron chi connectivity index (χ1n) is 10.4. The van der Waals surface area contributed by atoms with Crippen molar-refractivity contribution in [2.75, 3.05) is 0 Å². The summed E-state index contributed by atoms with van der Waals surface area (Å²) in [4.78, 5) is 30.5. The van der Waals surface area contributed by atoms with Crippen molar-refractivity contribution in [2.45, 2.75) is 32.2 Å². The lowest BCUT2D eigenvalue weighted by Crippen LogP contribution is -2.28. The van der Waals surface area contributed by atoms with Gasteiger partial charge < -0.3 is 4.57 Å². The maximum Gasteiger partial charge on any atom is 0.179 e. The maximum absolute atomic E-state index is 12.9. The van der Waals surface area contributed by atoms with Crippen LogP contribution in [0.15, 0.2) is 73.1 Å². The first-order chi connectivity index (χ1) is 15.1. The number of rotatable bonds is 5. The predicted molar refractivity (Wildman–Crippen MR) is 123 cm³/mol. The van der Waals surface area contributed by atoms with Crippen LogP contribution in [0, 0.1) is 6.92 Å². The molecule has 31 heavy (non-hydrogen) atoms. The van der Waals surface area contributed by atoms with E-state index in [1.807, 2.05) is 23.0 Å². The summed E-state index contributed by atoms with van der Waals surface area (Å²) in [6.45, 7) is 2.09. The van der Waals surface area contributed by atoms with E-state index in [0.717, 1.165) is 15.4 Å². The Hall–Kier alpha value is -3.31. The second-order valence-electron chi connectivity index (χ2n) is 7.98. The fourth-order valence-corrected chi connectivity index (χ4v) is 5.05. The third-order valence-electron chi connectivity index (χ3n) is 5.85. The number of carbonyl (C=O) groups excluding carboxylic acids is 2. The van der Waals surface area contributed by atoms with Gasteiger partial charge in [-0.25, -0.2) is 4.98 Å². The maximum atomic E-state index is 12.9. The lowest BCUT2D eigenvalue weighted by Gasteiger charge is -2.24. The molecule has 0 spiro atoms. The van der Waals surface area contributed by atoms with Crippen LogP contribution in [0.3, 0.4) is 0 Å². The van der Waals surface area contributed by atoms with E-state index in [1.54, 1.807) is 17.4 Å². The van der Waals surface area contributed by atoms with Crippen LogP contribution in [0.4, 0.5) is 0 Å². The number of fused-ring (bicyclic) bond motifs is 1. The topological polar surface area (TPSA) is 52.0 Å². The minimum atomic E-state index is -0.274. The highest BCUT2D eigenvalue weighted by atomic mass is 32.1. The van der Waals surface area contributed by atoms with Crippen LogP contribution < -0.4 is 0 Å². The number of Topliss-reactive ketones (excluding diaryl/α,β-unsaturated/α-hetero) is 2. The number of hydrogen-bond donors (Lipinski definition) is 0. The van der Waals surface area contributed by atoms with Gasteiger partial charge in [0, 0.05) is 18.8 Å². The third kappa shape index (κ3) is 3.89. The van der Waals surface area contributed by atoms with E-state index in [0.29, 0.717) is 25.0 Å². The summed E-state index contributed by atoms with van der Waals surface area (Å²) in [6.07, 6.45) is 4.97. The number of carbonyl (C=O) groups is 2. The number of nitrogens with zero attached hydrogens (tertiary/aromatic N) is 2. The number of hydrogen-bond acceptors (Lipinski definition) is 4. The van der Waals surface area contributed by atoms with Crippen molar-refractivity contribution >= 4 is 22.9 Å². The summed E-state index contributed by atoms with van der Waals surface area (Å²) < 4.78 is 1.83.